The molecule has 0 amide bonds. The Bertz CT molecular complexity index is 186. The first kappa shape index (κ1) is 14.3. The third kappa shape index (κ3) is 8.35. The molecular weight excluding hydrogens is 196 g/mol. The first-order valence-electron chi connectivity index (χ1n) is 5.22. The van der Waals surface area contributed by atoms with Gasteiger partial charge in [-0.1, -0.05) is 0 Å². The molecule has 0 aliphatic rings. The number of ether oxygens (including phenoxy) is 1. The molecule has 0 aliphatic heterocycles. The van der Waals surface area contributed by atoms with Crippen molar-refractivity contribution in [2.75, 3.05) is 26.7 Å². The predicted molar refractivity (Wildman–Crippen MR) is 58.8 cm³/mol. The molecule has 0 fully saturated rings. The molecule has 0 aromatic rings. The average molecular weight is 218 g/mol. The van der Waals surface area contributed by atoms with Gasteiger partial charge in [-0.3, -0.25) is 4.79 Å². The van der Waals surface area contributed by atoms with Gasteiger partial charge in [0.25, 0.3) is 0 Å². The zero-order chi connectivity index (χ0) is 11.8. The second-order valence-electron chi connectivity index (χ2n) is 3.96. The highest BCUT2D eigenvalue weighted by atomic mass is 16.5. The lowest BCUT2D eigenvalue weighted by Crippen LogP contribution is -2.35. The molecule has 0 aromatic heterocycles. The molecule has 0 aliphatic carbocycles. The second-order valence-corrected chi connectivity index (χ2v) is 3.96. The summed E-state index contributed by atoms with van der Waals surface area (Å²) in [6.45, 7) is 6.11. The first-order chi connectivity index (χ1) is 6.93. The number of rotatable bonds is 8. The fourth-order valence-electron chi connectivity index (χ4n) is 1.04. The maximum atomic E-state index is 10.4. The average Bonchev–Trinajstić information content (AvgIpc) is 2.13. The number of aliphatic carboxylic acids is 1. The minimum absolute atomic E-state index is 0.236. The quantitative estimate of drug-likeness (QED) is 0.606. The Hall–Kier alpha value is -0.650. The summed E-state index contributed by atoms with van der Waals surface area (Å²) in [5.41, 5.74) is 5.38. The summed E-state index contributed by atoms with van der Waals surface area (Å²) in [6, 6.07) is -0.765. The van der Waals surface area contributed by atoms with Crippen LogP contribution in [0.15, 0.2) is 0 Å². The molecule has 15 heavy (non-hydrogen) atoms. The normalized spacial score (nSPS) is 13.5. The Morgan fingerprint density at radius 2 is 2.07 bits per heavy atom. The summed E-state index contributed by atoms with van der Waals surface area (Å²) in [7, 11) is 1.93. The van der Waals surface area contributed by atoms with E-state index in [0.29, 0.717) is 19.6 Å². The molecule has 5 nitrogen and oxygen atoms in total. The standard InChI is InChI=1S/C10H22N2O3/c1-8(2)15-7-6-12(3)5-4-9(11)10(13)14/h8-9H,4-7,11H2,1-3H3,(H,13,14). The van der Waals surface area contributed by atoms with Crippen molar-refractivity contribution in [3.05, 3.63) is 0 Å². The molecule has 0 aromatic carbocycles. The molecule has 1 atom stereocenters. The molecule has 90 valence electrons. The summed E-state index contributed by atoms with van der Waals surface area (Å²) in [5, 5.41) is 8.58. The van der Waals surface area contributed by atoms with E-state index in [4.69, 9.17) is 15.6 Å². The van der Waals surface area contributed by atoms with Gasteiger partial charge in [0.05, 0.1) is 12.7 Å². The van der Waals surface area contributed by atoms with Crippen molar-refractivity contribution in [3.63, 3.8) is 0 Å². The van der Waals surface area contributed by atoms with Crippen LogP contribution in [0.5, 0.6) is 0 Å². The SMILES string of the molecule is CC(C)OCCN(C)CCC(N)C(=O)O. The zero-order valence-corrected chi connectivity index (χ0v) is 9.77. The molecule has 0 bridgehead atoms. The number of carboxylic acids is 1. The van der Waals surface area contributed by atoms with Crippen LogP contribution >= 0.6 is 0 Å². The van der Waals surface area contributed by atoms with E-state index in [9.17, 15) is 4.79 Å². The summed E-state index contributed by atoms with van der Waals surface area (Å²) in [6.07, 6.45) is 0.702. The fraction of sp³-hybridized carbons (Fsp3) is 0.900. The van der Waals surface area contributed by atoms with Crippen molar-refractivity contribution in [2.45, 2.75) is 32.4 Å². The highest BCUT2D eigenvalue weighted by molar-refractivity contribution is 5.72. The first-order valence-corrected chi connectivity index (χ1v) is 5.22. The van der Waals surface area contributed by atoms with Crippen LogP contribution in [0.1, 0.15) is 20.3 Å². The van der Waals surface area contributed by atoms with Gasteiger partial charge in [-0.25, -0.2) is 0 Å². The minimum Gasteiger partial charge on any atom is -0.480 e. The number of carboxylic acid groups (broad SMARTS) is 1. The van der Waals surface area contributed by atoms with Crippen LogP contribution in [-0.2, 0) is 9.53 Å². The van der Waals surface area contributed by atoms with Crippen molar-refractivity contribution < 1.29 is 14.6 Å². The summed E-state index contributed by atoms with van der Waals surface area (Å²) < 4.78 is 5.38. The van der Waals surface area contributed by atoms with Crippen molar-refractivity contribution in [3.8, 4) is 0 Å². The Morgan fingerprint density at radius 1 is 1.47 bits per heavy atom. The highest BCUT2D eigenvalue weighted by Crippen LogP contribution is 1.94. The Kier molecular flexibility index (Phi) is 7.29. The van der Waals surface area contributed by atoms with Crippen LogP contribution in [0, 0.1) is 0 Å². The number of hydrogen-bond acceptors (Lipinski definition) is 4. The largest absolute Gasteiger partial charge is 0.480 e. The molecular formula is C10H22N2O3. The topological polar surface area (TPSA) is 75.8 Å². The number of nitrogens with two attached hydrogens (primary N) is 1. The van der Waals surface area contributed by atoms with E-state index in [1.807, 2.05) is 25.8 Å². The van der Waals surface area contributed by atoms with Gasteiger partial charge in [-0.15, -0.1) is 0 Å². The Labute approximate surface area is 91.2 Å². The molecule has 0 saturated heterocycles. The van der Waals surface area contributed by atoms with E-state index in [-0.39, 0.29) is 6.10 Å². The molecule has 0 heterocycles. The fourth-order valence-corrected chi connectivity index (χ4v) is 1.04. The van der Waals surface area contributed by atoms with E-state index in [1.54, 1.807) is 0 Å². The lowest BCUT2D eigenvalue weighted by molar-refractivity contribution is -0.138. The molecule has 0 spiro atoms. The lowest BCUT2D eigenvalue weighted by Gasteiger charge is -2.18. The number of likely N-dealkylation sites (N-methyl/N-ethyl adjacent to an activating group) is 1. The smallest absolute Gasteiger partial charge is 0.320 e. The molecule has 0 radical (unpaired) electrons. The van der Waals surface area contributed by atoms with Gasteiger partial charge in [0.15, 0.2) is 0 Å². The second kappa shape index (κ2) is 7.62. The van der Waals surface area contributed by atoms with E-state index in [2.05, 4.69) is 0 Å². The monoisotopic (exact) mass is 218 g/mol. The van der Waals surface area contributed by atoms with Crippen LogP contribution in [0.25, 0.3) is 0 Å². The van der Waals surface area contributed by atoms with Crippen LogP contribution in [-0.4, -0.2) is 54.9 Å². The van der Waals surface area contributed by atoms with E-state index in [0.717, 1.165) is 6.54 Å². The summed E-state index contributed by atoms with van der Waals surface area (Å²) in [4.78, 5) is 12.5. The van der Waals surface area contributed by atoms with Gasteiger partial charge in [0.2, 0.25) is 0 Å². The van der Waals surface area contributed by atoms with E-state index >= 15 is 0 Å². The van der Waals surface area contributed by atoms with Gasteiger partial charge >= 0.3 is 5.97 Å². The van der Waals surface area contributed by atoms with Crippen LogP contribution < -0.4 is 5.73 Å². The number of carbonyl (C=O) groups is 1. The zero-order valence-electron chi connectivity index (χ0n) is 9.77. The maximum absolute atomic E-state index is 10.4. The predicted octanol–water partition coefficient (Wildman–Crippen LogP) is 0.145. The Morgan fingerprint density at radius 3 is 2.53 bits per heavy atom. The van der Waals surface area contributed by atoms with Crippen LogP contribution in [0.2, 0.25) is 0 Å². The van der Waals surface area contributed by atoms with Gasteiger partial charge in [-0.05, 0) is 33.9 Å². The van der Waals surface area contributed by atoms with Gasteiger partial charge in [0.1, 0.15) is 6.04 Å². The molecule has 0 saturated carbocycles. The summed E-state index contributed by atoms with van der Waals surface area (Å²) >= 11 is 0. The van der Waals surface area contributed by atoms with E-state index in [1.165, 1.54) is 0 Å². The molecule has 5 heteroatoms. The number of hydrogen-bond donors (Lipinski definition) is 2. The van der Waals surface area contributed by atoms with Crippen molar-refractivity contribution >= 4 is 5.97 Å². The van der Waals surface area contributed by atoms with Crippen molar-refractivity contribution in [2.24, 2.45) is 5.73 Å². The van der Waals surface area contributed by atoms with Gasteiger partial charge < -0.3 is 20.5 Å². The van der Waals surface area contributed by atoms with Crippen LogP contribution in [0.3, 0.4) is 0 Å². The summed E-state index contributed by atoms with van der Waals surface area (Å²) in [5.74, 6) is -0.943. The molecule has 3 N–H and O–H groups in total. The third-order valence-electron chi connectivity index (χ3n) is 2.06. The van der Waals surface area contributed by atoms with Crippen molar-refractivity contribution in [1.82, 2.24) is 4.90 Å². The van der Waals surface area contributed by atoms with Crippen LogP contribution in [0.4, 0.5) is 0 Å². The number of nitrogens with zero attached hydrogens (tertiary/aromatic N) is 1. The van der Waals surface area contributed by atoms with Gasteiger partial charge in [0, 0.05) is 6.54 Å². The highest BCUT2D eigenvalue weighted by Gasteiger charge is 2.11. The molecule has 1 unspecified atom stereocenters. The Balaban J connectivity index is 3.48. The van der Waals surface area contributed by atoms with Crippen molar-refractivity contribution in [1.29, 1.82) is 0 Å². The molecule has 0 rings (SSSR count). The third-order valence-corrected chi connectivity index (χ3v) is 2.06. The maximum Gasteiger partial charge on any atom is 0.320 e. The minimum atomic E-state index is -0.943. The van der Waals surface area contributed by atoms with E-state index < -0.39 is 12.0 Å². The van der Waals surface area contributed by atoms with Gasteiger partial charge in [-0.2, -0.15) is 0 Å². The lowest BCUT2D eigenvalue weighted by atomic mass is 10.2.